The lowest BCUT2D eigenvalue weighted by atomic mass is 9.99. The van der Waals surface area contributed by atoms with Gasteiger partial charge < -0.3 is 44.8 Å². The minimum Gasteiger partial charge on any atom is -0.504 e. The van der Waals surface area contributed by atoms with Gasteiger partial charge in [0.15, 0.2) is 17.8 Å². The fraction of sp³-hybridized carbons (Fsp3) is 0.476. The van der Waals surface area contributed by atoms with Crippen molar-refractivity contribution in [3.63, 3.8) is 0 Å². The molecule has 0 amide bonds. The van der Waals surface area contributed by atoms with Gasteiger partial charge >= 0.3 is 5.97 Å². The van der Waals surface area contributed by atoms with Crippen molar-refractivity contribution < 1.29 is 49.6 Å². The van der Waals surface area contributed by atoms with Crippen LogP contribution in [0.5, 0.6) is 11.5 Å². The zero-order valence-electron chi connectivity index (χ0n) is 17.0. The quantitative estimate of drug-likeness (QED) is 0.129. The number of aliphatic hydroxyl groups is 4. The molecule has 0 aliphatic carbocycles. The molecule has 0 saturated carbocycles. The van der Waals surface area contributed by atoms with Crippen molar-refractivity contribution in [3.05, 3.63) is 42.0 Å². The summed E-state index contributed by atoms with van der Waals surface area (Å²) in [6.45, 7) is 4.94. The van der Waals surface area contributed by atoms with Crippen LogP contribution in [0, 0.1) is 5.92 Å². The molecule has 172 valence electrons. The van der Waals surface area contributed by atoms with E-state index in [0.29, 0.717) is 11.1 Å². The molecule has 1 saturated heterocycles. The van der Waals surface area contributed by atoms with Gasteiger partial charge in [0.05, 0.1) is 13.2 Å². The molecule has 1 aromatic rings. The molecule has 10 heteroatoms. The SMILES string of the molecule is C=C(COC(=O)/C=C/c1ccc(O)c(O)c1)C(C)CO[C@@H]1OC(CO)[C@H](O)[C@H](O)C1O. The van der Waals surface area contributed by atoms with E-state index in [1.54, 1.807) is 6.92 Å². The molecule has 0 bridgehead atoms. The summed E-state index contributed by atoms with van der Waals surface area (Å²) in [6.07, 6.45) is -4.24. The molecule has 31 heavy (non-hydrogen) atoms. The van der Waals surface area contributed by atoms with Gasteiger partial charge in [-0.1, -0.05) is 19.6 Å². The van der Waals surface area contributed by atoms with Crippen molar-refractivity contribution in [1.82, 2.24) is 0 Å². The van der Waals surface area contributed by atoms with Gasteiger partial charge in [0.1, 0.15) is 31.0 Å². The third-order valence-electron chi connectivity index (χ3n) is 4.87. The maximum absolute atomic E-state index is 11.9. The molecule has 0 spiro atoms. The van der Waals surface area contributed by atoms with E-state index in [2.05, 4.69) is 6.58 Å². The zero-order valence-corrected chi connectivity index (χ0v) is 17.0. The first kappa shape index (κ1) is 24.8. The van der Waals surface area contributed by atoms with Gasteiger partial charge in [-0.15, -0.1) is 0 Å². The highest BCUT2D eigenvalue weighted by atomic mass is 16.7. The number of carbonyl (C=O) groups excluding carboxylic acids is 1. The number of aromatic hydroxyl groups is 2. The van der Waals surface area contributed by atoms with Crippen LogP contribution in [0.4, 0.5) is 0 Å². The molecule has 6 atom stereocenters. The third kappa shape index (κ3) is 6.76. The highest BCUT2D eigenvalue weighted by Crippen LogP contribution is 2.25. The second kappa shape index (κ2) is 11.2. The van der Waals surface area contributed by atoms with Crippen LogP contribution in [0.25, 0.3) is 6.08 Å². The normalized spacial score (nSPS) is 27.2. The lowest BCUT2D eigenvalue weighted by Gasteiger charge is -2.39. The summed E-state index contributed by atoms with van der Waals surface area (Å²) in [6, 6.07) is 4.09. The van der Waals surface area contributed by atoms with Crippen LogP contribution in [-0.2, 0) is 19.0 Å². The largest absolute Gasteiger partial charge is 0.504 e. The Kier molecular flexibility index (Phi) is 8.99. The number of phenolic OH excluding ortho intramolecular Hbond substituents is 2. The summed E-state index contributed by atoms with van der Waals surface area (Å²) in [4.78, 5) is 11.9. The maximum atomic E-state index is 11.9. The number of benzene rings is 1. The van der Waals surface area contributed by atoms with Crippen LogP contribution in [0.3, 0.4) is 0 Å². The van der Waals surface area contributed by atoms with E-state index in [1.165, 1.54) is 24.3 Å². The van der Waals surface area contributed by atoms with E-state index in [9.17, 15) is 35.4 Å². The molecule has 1 fully saturated rings. The van der Waals surface area contributed by atoms with Crippen molar-refractivity contribution in [2.45, 2.75) is 37.6 Å². The monoisotopic (exact) mass is 440 g/mol. The minimum atomic E-state index is -1.53. The van der Waals surface area contributed by atoms with Crippen molar-refractivity contribution in [3.8, 4) is 11.5 Å². The second-order valence-electron chi connectivity index (χ2n) is 7.28. The average Bonchev–Trinajstić information content (AvgIpc) is 2.75. The molecule has 1 aliphatic heterocycles. The first-order chi connectivity index (χ1) is 14.6. The number of esters is 1. The van der Waals surface area contributed by atoms with Crippen LogP contribution in [0.15, 0.2) is 36.4 Å². The van der Waals surface area contributed by atoms with Crippen molar-refractivity contribution >= 4 is 12.0 Å². The number of rotatable bonds is 9. The lowest BCUT2D eigenvalue weighted by molar-refractivity contribution is -0.302. The lowest BCUT2D eigenvalue weighted by Crippen LogP contribution is -2.59. The molecule has 2 rings (SSSR count). The Morgan fingerprint density at radius 2 is 1.90 bits per heavy atom. The number of ether oxygens (including phenoxy) is 3. The summed E-state index contributed by atoms with van der Waals surface area (Å²) in [5, 5.41) is 57.4. The Labute approximate surface area is 179 Å². The molecule has 1 aromatic carbocycles. The molecular formula is C21H28O10. The summed E-state index contributed by atoms with van der Waals surface area (Å²) < 4.78 is 15.8. The smallest absolute Gasteiger partial charge is 0.331 e. The first-order valence-corrected chi connectivity index (χ1v) is 9.60. The molecule has 0 aromatic heterocycles. The van der Waals surface area contributed by atoms with E-state index in [0.717, 1.165) is 6.08 Å². The Bertz CT molecular complexity index is 790. The fourth-order valence-electron chi connectivity index (χ4n) is 2.72. The summed E-state index contributed by atoms with van der Waals surface area (Å²) >= 11 is 0. The van der Waals surface area contributed by atoms with Crippen LogP contribution in [0.2, 0.25) is 0 Å². The topological polar surface area (TPSA) is 166 Å². The average molecular weight is 440 g/mol. The van der Waals surface area contributed by atoms with Crippen LogP contribution < -0.4 is 0 Å². The van der Waals surface area contributed by atoms with Gasteiger partial charge in [-0.2, -0.15) is 0 Å². The van der Waals surface area contributed by atoms with Crippen molar-refractivity contribution in [2.24, 2.45) is 5.92 Å². The Hall–Kier alpha value is -2.47. The van der Waals surface area contributed by atoms with Crippen molar-refractivity contribution in [2.75, 3.05) is 19.8 Å². The molecule has 1 aliphatic rings. The number of hydrogen-bond acceptors (Lipinski definition) is 10. The molecule has 10 nitrogen and oxygen atoms in total. The van der Waals surface area contributed by atoms with Gasteiger partial charge in [0.2, 0.25) is 0 Å². The van der Waals surface area contributed by atoms with E-state index in [4.69, 9.17) is 14.2 Å². The molecule has 0 radical (unpaired) electrons. The maximum Gasteiger partial charge on any atom is 0.331 e. The number of hydrogen-bond donors (Lipinski definition) is 6. The van der Waals surface area contributed by atoms with Gasteiger partial charge in [-0.05, 0) is 29.3 Å². The Balaban J connectivity index is 1.78. The van der Waals surface area contributed by atoms with Crippen LogP contribution >= 0.6 is 0 Å². The van der Waals surface area contributed by atoms with E-state index in [-0.39, 0.29) is 30.6 Å². The van der Waals surface area contributed by atoms with Crippen LogP contribution in [-0.4, -0.2) is 87.1 Å². The van der Waals surface area contributed by atoms with Crippen molar-refractivity contribution in [1.29, 1.82) is 0 Å². The molecule has 3 unspecified atom stereocenters. The van der Waals surface area contributed by atoms with Crippen LogP contribution in [0.1, 0.15) is 12.5 Å². The van der Waals surface area contributed by atoms with Gasteiger partial charge in [-0.25, -0.2) is 4.79 Å². The van der Waals surface area contributed by atoms with E-state index < -0.39 is 43.3 Å². The summed E-state index contributed by atoms with van der Waals surface area (Å²) in [5.74, 6) is -1.53. The number of phenols is 2. The first-order valence-electron chi connectivity index (χ1n) is 9.60. The minimum absolute atomic E-state index is 0.0156. The summed E-state index contributed by atoms with van der Waals surface area (Å²) in [5.41, 5.74) is 1.01. The highest BCUT2D eigenvalue weighted by molar-refractivity contribution is 5.87. The zero-order chi connectivity index (χ0) is 23.1. The van der Waals surface area contributed by atoms with E-state index in [1.807, 2.05) is 0 Å². The molecule has 1 heterocycles. The van der Waals surface area contributed by atoms with E-state index >= 15 is 0 Å². The fourth-order valence-corrected chi connectivity index (χ4v) is 2.72. The highest BCUT2D eigenvalue weighted by Gasteiger charge is 2.44. The van der Waals surface area contributed by atoms with Gasteiger partial charge in [0, 0.05) is 12.0 Å². The third-order valence-corrected chi connectivity index (χ3v) is 4.87. The van der Waals surface area contributed by atoms with Gasteiger partial charge in [0.25, 0.3) is 0 Å². The Morgan fingerprint density at radius 3 is 2.55 bits per heavy atom. The van der Waals surface area contributed by atoms with Gasteiger partial charge in [-0.3, -0.25) is 0 Å². The number of aliphatic hydroxyl groups excluding tert-OH is 4. The standard InChI is InChI=1S/C21H28O10/c1-11(9-29-17(25)6-4-13-3-5-14(23)15(24)7-13)12(2)10-30-21-20(28)19(27)18(26)16(8-22)31-21/h3-7,12,16,18-24,26-28H,1,8-10H2,2H3/b6-4+/t12?,16?,18-,19-,20?,21+/m0/s1. The predicted octanol–water partition coefficient (Wildman–Crippen LogP) is -0.337. The Morgan fingerprint density at radius 1 is 1.19 bits per heavy atom. The predicted molar refractivity (Wildman–Crippen MR) is 108 cm³/mol. The number of carbonyl (C=O) groups is 1. The second-order valence-corrected chi connectivity index (χ2v) is 7.28. The summed E-state index contributed by atoms with van der Waals surface area (Å²) in [7, 11) is 0. The molecular weight excluding hydrogens is 412 g/mol. The molecule has 6 N–H and O–H groups in total.